The first-order valence-corrected chi connectivity index (χ1v) is 5.67. The molecule has 0 bridgehead atoms. The van der Waals surface area contributed by atoms with E-state index in [1.807, 2.05) is 48.3 Å². The van der Waals surface area contributed by atoms with Crippen molar-refractivity contribution in [1.82, 2.24) is 15.1 Å². The molecule has 17 heavy (non-hydrogen) atoms. The Morgan fingerprint density at radius 1 is 1.35 bits per heavy atom. The van der Waals surface area contributed by atoms with Crippen LogP contribution < -0.4 is 10.1 Å². The van der Waals surface area contributed by atoms with Gasteiger partial charge in [-0.2, -0.15) is 5.10 Å². The van der Waals surface area contributed by atoms with E-state index in [9.17, 15) is 0 Å². The summed E-state index contributed by atoms with van der Waals surface area (Å²) in [6.07, 6.45) is 2.91. The zero-order valence-electron chi connectivity index (χ0n) is 10.2. The van der Waals surface area contributed by atoms with Crippen LogP contribution in [0.4, 0.5) is 0 Å². The predicted molar refractivity (Wildman–Crippen MR) is 67.7 cm³/mol. The first kappa shape index (κ1) is 11.7. The number of hydrogen-bond donors (Lipinski definition) is 1. The number of likely N-dealkylation sites (N-methyl/N-ethyl adjacent to an activating group) is 1. The number of hydrogen-bond acceptors (Lipinski definition) is 3. The molecule has 0 spiro atoms. The Hall–Kier alpha value is -1.81. The molecule has 2 rings (SSSR count). The van der Waals surface area contributed by atoms with Gasteiger partial charge in [-0.25, -0.2) is 4.68 Å². The molecule has 1 aromatic carbocycles. The topological polar surface area (TPSA) is 39.1 Å². The normalized spacial score (nSPS) is 10.5. The van der Waals surface area contributed by atoms with E-state index in [4.69, 9.17) is 4.74 Å². The van der Waals surface area contributed by atoms with Crippen LogP contribution in [0.2, 0.25) is 0 Å². The molecule has 90 valence electrons. The first-order valence-electron chi connectivity index (χ1n) is 5.67. The van der Waals surface area contributed by atoms with Gasteiger partial charge in [0.2, 0.25) is 0 Å². The van der Waals surface area contributed by atoms with E-state index in [1.165, 1.54) is 0 Å². The number of benzene rings is 1. The number of aromatic nitrogens is 2. The van der Waals surface area contributed by atoms with Gasteiger partial charge in [-0.05, 0) is 25.2 Å². The van der Waals surface area contributed by atoms with Crippen LogP contribution in [0, 0.1) is 0 Å². The second-order valence-corrected chi connectivity index (χ2v) is 3.81. The molecule has 0 fully saturated rings. The summed E-state index contributed by atoms with van der Waals surface area (Å²) in [6.45, 7) is 0.940. The third-order valence-electron chi connectivity index (χ3n) is 2.59. The second kappa shape index (κ2) is 5.50. The minimum Gasteiger partial charge on any atom is -0.497 e. The van der Waals surface area contributed by atoms with Crippen molar-refractivity contribution in [3.05, 3.63) is 42.2 Å². The van der Waals surface area contributed by atoms with Gasteiger partial charge in [-0.3, -0.25) is 0 Å². The van der Waals surface area contributed by atoms with Crippen molar-refractivity contribution in [3.8, 4) is 11.4 Å². The average Bonchev–Trinajstić information content (AvgIpc) is 2.85. The van der Waals surface area contributed by atoms with Gasteiger partial charge in [-0.1, -0.05) is 6.07 Å². The predicted octanol–water partition coefficient (Wildman–Crippen LogP) is 1.64. The Bertz CT molecular complexity index is 479. The summed E-state index contributed by atoms with van der Waals surface area (Å²) in [5.41, 5.74) is 2.10. The van der Waals surface area contributed by atoms with E-state index >= 15 is 0 Å². The zero-order chi connectivity index (χ0) is 12.1. The molecule has 1 N–H and O–H groups in total. The molecule has 1 aromatic heterocycles. The van der Waals surface area contributed by atoms with Gasteiger partial charge in [-0.15, -0.1) is 0 Å². The third-order valence-corrected chi connectivity index (χ3v) is 2.59. The Morgan fingerprint density at radius 2 is 2.24 bits per heavy atom. The van der Waals surface area contributed by atoms with Crippen LogP contribution in [0.3, 0.4) is 0 Å². The summed E-state index contributed by atoms with van der Waals surface area (Å²) in [5, 5.41) is 7.63. The maximum absolute atomic E-state index is 5.20. The van der Waals surface area contributed by atoms with Gasteiger partial charge in [0.25, 0.3) is 0 Å². The number of methoxy groups -OCH3 is 1. The number of nitrogens with zero attached hydrogens (tertiary/aromatic N) is 2. The fourth-order valence-corrected chi connectivity index (χ4v) is 1.64. The minimum absolute atomic E-state index is 0.842. The summed E-state index contributed by atoms with van der Waals surface area (Å²) in [4.78, 5) is 0. The van der Waals surface area contributed by atoms with Crippen LogP contribution in [0.25, 0.3) is 5.69 Å². The third kappa shape index (κ3) is 2.85. The fraction of sp³-hybridized carbons (Fsp3) is 0.308. The van der Waals surface area contributed by atoms with Gasteiger partial charge in [0, 0.05) is 25.2 Å². The summed E-state index contributed by atoms with van der Waals surface area (Å²) in [7, 11) is 3.61. The summed E-state index contributed by atoms with van der Waals surface area (Å²) >= 11 is 0. The smallest absolute Gasteiger partial charge is 0.121 e. The molecule has 0 radical (unpaired) electrons. The quantitative estimate of drug-likeness (QED) is 0.850. The van der Waals surface area contributed by atoms with Crippen molar-refractivity contribution in [2.75, 3.05) is 20.7 Å². The van der Waals surface area contributed by atoms with Gasteiger partial charge in [0.15, 0.2) is 0 Å². The lowest BCUT2D eigenvalue weighted by Crippen LogP contribution is -2.10. The van der Waals surface area contributed by atoms with Crippen molar-refractivity contribution in [1.29, 1.82) is 0 Å². The summed E-state index contributed by atoms with van der Waals surface area (Å²) < 4.78 is 7.07. The number of ether oxygens (including phenoxy) is 1. The fourth-order valence-electron chi connectivity index (χ4n) is 1.64. The van der Waals surface area contributed by atoms with Crippen LogP contribution in [0.5, 0.6) is 5.75 Å². The summed E-state index contributed by atoms with van der Waals surface area (Å²) in [5.74, 6) is 0.842. The van der Waals surface area contributed by atoms with Crippen LogP contribution in [0.1, 0.15) is 5.69 Å². The lowest BCUT2D eigenvalue weighted by molar-refractivity contribution is 0.414. The van der Waals surface area contributed by atoms with E-state index < -0.39 is 0 Å². The molecule has 0 unspecified atom stereocenters. The second-order valence-electron chi connectivity index (χ2n) is 3.81. The lowest BCUT2D eigenvalue weighted by Gasteiger charge is -2.04. The van der Waals surface area contributed by atoms with Gasteiger partial charge < -0.3 is 10.1 Å². The molecular weight excluding hydrogens is 214 g/mol. The zero-order valence-corrected chi connectivity index (χ0v) is 10.2. The van der Waals surface area contributed by atoms with Crippen molar-refractivity contribution in [2.24, 2.45) is 0 Å². The van der Waals surface area contributed by atoms with Crippen molar-refractivity contribution >= 4 is 0 Å². The van der Waals surface area contributed by atoms with E-state index in [0.29, 0.717) is 0 Å². The van der Waals surface area contributed by atoms with E-state index in [2.05, 4.69) is 10.4 Å². The SMILES string of the molecule is CNCCc1ccn(-c2cccc(OC)c2)n1. The molecule has 0 saturated carbocycles. The molecule has 0 aliphatic rings. The molecule has 0 aliphatic carbocycles. The van der Waals surface area contributed by atoms with Gasteiger partial charge in [0.05, 0.1) is 18.5 Å². The Morgan fingerprint density at radius 3 is 3.00 bits per heavy atom. The number of rotatable bonds is 5. The molecular formula is C13H17N3O. The van der Waals surface area contributed by atoms with Crippen molar-refractivity contribution < 1.29 is 4.74 Å². The van der Waals surface area contributed by atoms with Crippen molar-refractivity contribution in [2.45, 2.75) is 6.42 Å². The lowest BCUT2D eigenvalue weighted by atomic mass is 10.3. The largest absolute Gasteiger partial charge is 0.497 e. The maximum atomic E-state index is 5.20. The van der Waals surface area contributed by atoms with E-state index in [0.717, 1.165) is 30.1 Å². The van der Waals surface area contributed by atoms with Crippen LogP contribution in [-0.2, 0) is 6.42 Å². The van der Waals surface area contributed by atoms with Gasteiger partial charge >= 0.3 is 0 Å². The molecule has 1 heterocycles. The highest BCUT2D eigenvalue weighted by Gasteiger charge is 2.01. The molecule has 4 heteroatoms. The molecule has 0 saturated heterocycles. The van der Waals surface area contributed by atoms with Crippen LogP contribution >= 0.6 is 0 Å². The number of nitrogens with one attached hydrogen (secondary N) is 1. The molecule has 2 aromatic rings. The van der Waals surface area contributed by atoms with Gasteiger partial charge in [0.1, 0.15) is 5.75 Å². The van der Waals surface area contributed by atoms with Crippen molar-refractivity contribution in [3.63, 3.8) is 0 Å². The standard InChI is InChI=1S/C13H17N3O/c1-14-8-6-11-7-9-16(15-11)12-4-3-5-13(10-12)17-2/h3-5,7,9-10,14H,6,8H2,1-2H3. The monoisotopic (exact) mass is 231 g/mol. The Labute approximate surface area is 101 Å². The molecule has 4 nitrogen and oxygen atoms in total. The van der Waals surface area contributed by atoms with E-state index in [1.54, 1.807) is 7.11 Å². The molecule has 0 aliphatic heterocycles. The highest BCUT2D eigenvalue weighted by atomic mass is 16.5. The van der Waals surface area contributed by atoms with Crippen LogP contribution in [-0.4, -0.2) is 30.5 Å². The average molecular weight is 231 g/mol. The highest BCUT2D eigenvalue weighted by Crippen LogP contribution is 2.15. The molecule has 0 amide bonds. The molecule has 0 atom stereocenters. The highest BCUT2D eigenvalue weighted by molar-refractivity contribution is 5.38. The Kier molecular flexibility index (Phi) is 3.77. The van der Waals surface area contributed by atoms with E-state index in [-0.39, 0.29) is 0 Å². The van der Waals surface area contributed by atoms with Crippen LogP contribution in [0.15, 0.2) is 36.5 Å². The first-order chi connectivity index (χ1) is 8.33. The Balaban J connectivity index is 2.18. The minimum atomic E-state index is 0.842. The maximum Gasteiger partial charge on any atom is 0.121 e. The summed E-state index contributed by atoms with van der Waals surface area (Å²) in [6, 6.07) is 9.90.